The van der Waals surface area contributed by atoms with E-state index in [0.29, 0.717) is 33.2 Å². The molecule has 0 aliphatic rings. The van der Waals surface area contributed by atoms with Crippen LogP contribution in [0.25, 0.3) is 0 Å². The van der Waals surface area contributed by atoms with Gasteiger partial charge in [-0.2, -0.15) is 0 Å². The smallest absolute Gasteiger partial charge is 0.261 e. The van der Waals surface area contributed by atoms with Crippen molar-refractivity contribution in [1.82, 2.24) is 0 Å². The zero-order chi connectivity index (χ0) is 29.1. The van der Waals surface area contributed by atoms with E-state index >= 15 is 0 Å². The molecule has 1 amide bonds. The summed E-state index contributed by atoms with van der Waals surface area (Å²) in [5.74, 6) is -0.438. The van der Waals surface area contributed by atoms with Gasteiger partial charge in [-0.25, -0.2) is 16.8 Å². The number of nitrogens with zero attached hydrogens (tertiary/aromatic N) is 1. The Morgan fingerprint density at radius 2 is 1.43 bits per heavy atom. The molecule has 0 radical (unpaired) electrons. The van der Waals surface area contributed by atoms with Crippen LogP contribution >= 0.6 is 11.6 Å². The molecule has 4 rings (SSSR count). The van der Waals surface area contributed by atoms with Crippen LogP contribution < -0.4 is 14.3 Å². The number of carbonyl (C=O) groups excluding carboxylic acids is 1. The van der Waals surface area contributed by atoms with Gasteiger partial charge < -0.3 is 5.32 Å². The van der Waals surface area contributed by atoms with Gasteiger partial charge in [-0.1, -0.05) is 35.9 Å². The van der Waals surface area contributed by atoms with Crippen molar-refractivity contribution in [3.05, 3.63) is 118 Å². The summed E-state index contributed by atoms with van der Waals surface area (Å²) in [5.41, 5.74) is 4.21. The van der Waals surface area contributed by atoms with Gasteiger partial charge in [-0.05, 0) is 97.3 Å². The van der Waals surface area contributed by atoms with Crippen LogP contribution in [-0.4, -0.2) is 29.0 Å². The van der Waals surface area contributed by atoms with E-state index < -0.39 is 26.0 Å². The molecule has 0 atom stereocenters. The van der Waals surface area contributed by atoms with Gasteiger partial charge in [0.15, 0.2) is 0 Å². The molecular formula is C29H28ClN3O5S2. The molecule has 0 aromatic heterocycles. The lowest BCUT2D eigenvalue weighted by Crippen LogP contribution is -2.29. The molecule has 8 nitrogen and oxygen atoms in total. The summed E-state index contributed by atoms with van der Waals surface area (Å²) < 4.78 is 54.3. The van der Waals surface area contributed by atoms with Crippen molar-refractivity contribution in [1.29, 1.82) is 0 Å². The van der Waals surface area contributed by atoms with Crippen molar-refractivity contribution in [2.45, 2.75) is 25.3 Å². The summed E-state index contributed by atoms with van der Waals surface area (Å²) in [6.45, 7) is 3.89. The molecule has 11 heteroatoms. The predicted octanol–water partition coefficient (Wildman–Crippen LogP) is 5.98. The predicted molar refractivity (Wildman–Crippen MR) is 160 cm³/mol. The SMILES string of the molecule is Cc1ccc(NS(=O)(=O)c2ccc(NC(=O)c3ccc(N(Cc4ccccc4Cl)S(C)(=O)=O)cc3)cc2)cc1C. The quantitative estimate of drug-likeness (QED) is 0.247. The average Bonchev–Trinajstić information content (AvgIpc) is 2.90. The standard InChI is InChI=1S/C29H28ClN3O5S2/c1-20-8-11-25(18-21(20)2)32-40(37,38)27-16-12-24(13-17-27)31-29(34)22-9-14-26(15-10-22)33(39(3,35)36)19-23-6-4-5-7-28(23)30/h4-18,32H,19H2,1-3H3,(H,31,34). The highest BCUT2D eigenvalue weighted by Crippen LogP contribution is 2.25. The topological polar surface area (TPSA) is 113 Å². The molecule has 0 saturated heterocycles. The Morgan fingerprint density at radius 3 is 2.02 bits per heavy atom. The number of sulfonamides is 2. The Kier molecular flexibility index (Phi) is 8.53. The maximum absolute atomic E-state index is 12.8. The number of rotatable bonds is 9. The second kappa shape index (κ2) is 11.7. The van der Waals surface area contributed by atoms with E-state index in [0.717, 1.165) is 17.4 Å². The second-order valence-electron chi connectivity index (χ2n) is 9.29. The molecule has 4 aromatic rings. The molecule has 0 unspecified atom stereocenters. The highest BCUT2D eigenvalue weighted by Gasteiger charge is 2.20. The van der Waals surface area contributed by atoms with Gasteiger partial charge in [-0.3, -0.25) is 13.8 Å². The van der Waals surface area contributed by atoms with Gasteiger partial charge >= 0.3 is 0 Å². The highest BCUT2D eigenvalue weighted by molar-refractivity contribution is 7.92. The molecule has 0 spiro atoms. The lowest BCUT2D eigenvalue weighted by atomic mass is 10.1. The van der Waals surface area contributed by atoms with Crippen molar-refractivity contribution in [3.63, 3.8) is 0 Å². The molecule has 0 aliphatic carbocycles. The van der Waals surface area contributed by atoms with Crippen molar-refractivity contribution in [3.8, 4) is 0 Å². The largest absolute Gasteiger partial charge is 0.322 e. The van der Waals surface area contributed by atoms with Gasteiger partial charge in [0.2, 0.25) is 10.0 Å². The minimum Gasteiger partial charge on any atom is -0.322 e. The van der Waals surface area contributed by atoms with Gasteiger partial charge in [0.05, 0.1) is 23.4 Å². The normalized spacial score (nSPS) is 11.6. The Hall–Kier alpha value is -3.86. The molecular weight excluding hydrogens is 570 g/mol. The van der Waals surface area contributed by atoms with Crippen LogP contribution in [0.4, 0.5) is 17.1 Å². The fourth-order valence-corrected chi connectivity index (χ4v) is 6.02. The maximum atomic E-state index is 12.8. The second-order valence-corrected chi connectivity index (χ2v) is 13.3. The number of nitrogens with one attached hydrogen (secondary N) is 2. The number of hydrogen-bond acceptors (Lipinski definition) is 5. The van der Waals surface area contributed by atoms with E-state index in [1.807, 2.05) is 19.9 Å². The average molecular weight is 598 g/mol. The number of hydrogen-bond donors (Lipinski definition) is 2. The molecule has 0 saturated carbocycles. The summed E-state index contributed by atoms with van der Waals surface area (Å²) in [5, 5.41) is 3.17. The molecule has 40 heavy (non-hydrogen) atoms. The van der Waals surface area contributed by atoms with Gasteiger partial charge in [0.1, 0.15) is 0 Å². The molecule has 0 bridgehead atoms. The van der Waals surface area contributed by atoms with Crippen molar-refractivity contribution in [2.24, 2.45) is 0 Å². The van der Waals surface area contributed by atoms with E-state index in [9.17, 15) is 21.6 Å². The lowest BCUT2D eigenvalue weighted by molar-refractivity contribution is 0.102. The van der Waals surface area contributed by atoms with Gasteiger partial charge in [-0.15, -0.1) is 0 Å². The molecule has 4 aromatic carbocycles. The van der Waals surface area contributed by atoms with Crippen molar-refractivity contribution < 1.29 is 21.6 Å². The number of amides is 1. The summed E-state index contributed by atoms with van der Waals surface area (Å²) in [4.78, 5) is 12.9. The van der Waals surface area contributed by atoms with Crippen molar-refractivity contribution in [2.75, 3.05) is 20.6 Å². The fraction of sp³-hybridized carbons (Fsp3) is 0.138. The van der Waals surface area contributed by atoms with Crippen LogP contribution in [0.5, 0.6) is 0 Å². The first-order valence-electron chi connectivity index (χ1n) is 12.2. The fourth-order valence-electron chi connectivity index (χ4n) is 3.90. The number of halogens is 1. The van der Waals surface area contributed by atoms with E-state index in [-0.39, 0.29) is 11.4 Å². The van der Waals surface area contributed by atoms with Gasteiger partial charge in [0.25, 0.3) is 15.9 Å². The van der Waals surface area contributed by atoms with Crippen LogP contribution in [-0.2, 0) is 26.6 Å². The zero-order valence-corrected chi connectivity index (χ0v) is 24.4. The lowest BCUT2D eigenvalue weighted by Gasteiger charge is -2.23. The maximum Gasteiger partial charge on any atom is 0.261 e. The molecule has 0 aliphatic heterocycles. The number of carbonyl (C=O) groups is 1. The van der Waals surface area contributed by atoms with Gasteiger partial charge in [0, 0.05) is 22.0 Å². The number of benzene rings is 4. The third-order valence-corrected chi connectivity index (χ3v) is 9.18. The van der Waals surface area contributed by atoms with E-state index in [1.165, 1.54) is 40.7 Å². The van der Waals surface area contributed by atoms with Crippen LogP contribution in [0.2, 0.25) is 5.02 Å². The van der Waals surface area contributed by atoms with Crippen LogP contribution in [0.1, 0.15) is 27.0 Å². The summed E-state index contributed by atoms with van der Waals surface area (Å²) in [7, 11) is -7.45. The monoisotopic (exact) mass is 597 g/mol. The zero-order valence-electron chi connectivity index (χ0n) is 22.1. The van der Waals surface area contributed by atoms with E-state index in [2.05, 4.69) is 10.0 Å². The molecule has 208 valence electrons. The van der Waals surface area contributed by atoms with E-state index in [1.54, 1.807) is 48.5 Å². The van der Waals surface area contributed by atoms with Crippen molar-refractivity contribution >= 4 is 54.6 Å². The Labute approximate surface area is 239 Å². The summed E-state index contributed by atoms with van der Waals surface area (Å²) in [6.07, 6.45) is 1.10. The first-order chi connectivity index (χ1) is 18.8. The Bertz CT molecular complexity index is 1760. The first-order valence-corrected chi connectivity index (χ1v) is 15.9. The minimum absolute atomic E-state index is 0.0394. The molecule has 0 heterocycles. The summed E-state index contributed by atoms with van der Waals surface area (Å²) >= 11 is 6.22. The molecule has 2 N–H and O–H groups in total. The van der Waals surface area contributed by atoms with Crippen LogP contribution in [0, 0.1) is 13.8 Å². The Balaban J connectivity index is 1.45. The summed E-state index contributed by atoms with van der Waals surface area (Å²) in [6, 6.07) is 24.2. The molecule has 0 fully saturated rings. The minimum atomic E-state index is -3.82. The highest BCUT2D eigenvalue weighted by atomic mass is 35.5. The third kappa shape index (κ3) is 7.01. The number of anilines is 3. The van der Waals surface area contributed by atoms with Crippen LogP contribution in [0.15, 0.2) is 95.9 Å². The van der Waals surface area contributed by atoms with Crippen LogP contribution in [0.3, 0.4) is 0 Å². The Morgan fingerprint density at radius 1 is 0.800 bits per heavy atom. The number of aryl methyl sites for hydroxylation is 2. The third-order valence-electron chi connectivity index (χ3n) is 6.27. The first kappa shape index (κ1) is 29.1. The van der Waals surface area contributed by atoms with E-state index in [4.69, 9.17) is 11.6 Å².